The number of nitrogens with one attached hydrogen (secondary N) is 1. The number of nitrogens with zero attached hydrogens (tertiary/aromatic N) is 3. The zero-order chi connectivity index (χ0) is 16.9. The monoisotopic (exact) mass is 334 g/mol. The lowest BCUT2D eigenvalue weighted by Crippen LogP contribution is -2.38. The Morgan fingerprint density at radius 3 is 3.00 bits per heavy atom. The first-order valence-corrected chi connectivity index (χ1v) is 8.15. The third-order valence-corrected chi connectivity index (χ3v) is 4.23. The molecular formula is C16H22N4O4. The molecule has 3 rings (SSSR count). The molecule has 0 bridgehead atoms. The lowest BCUT2D eigenvalue weighted by molar-refractivity contribution is -0.117. The summed E-state index contributed by atoms with van der Waals surface area (Å²) in [4.78, 5) is 14.0. The first kappa shape index (κ1) is 16.7. The zero-order valence-corrected chi connectivity index (χ0v) is 13.6. The number of anilines is 1. The van der Waals surface area contributed by atoms with Gasteiger partial charge in [-0.05, 0) is 37.9 Å². The van der Waals surface area contributed by atoms with Crippen molar-refractivity contribution in [1.29, 1.82) is 0 Å². The highest BCUT2D eigenvalue weighted by atomic mass is 16.4. The minimum absolute atomic E-state index is 0.0394. The molecule has 1 aliphatic rings. The van der Waals surface area contributed by atoms with E-state index in [4.69, 9.17) is 8.83 Å². The van der Waals surface area contributed by atoms with Crippen molar-refractivity contribution >= 4 is 11.9 Å². The SMILES string of the molecule is CN(CC(=O)Nc1nnc(-c2ccco2)o1)CC1CCCCC1O. The largest absolute Gasteiger partial charge is 0.459 e. The second-order valence-corrected chi connectivity index (χ2v) is 6.25. The van der Waals surface area contributed by atoms with E-state index in [2.05, 4.69) is 15.5 Å². The molecule has 0 spiro atoms. The van der Waals surface area contributed by atoms with Crippen LogP contribution in [0, 0.1) is 5.92 Å². The number of aromatic nitrogens is 2. The highest BCUT2D eigenvalue weighted by Crippen LogP contribution is 2.25. The Morgan fingerprint density at radius 2 is 2.25 bits per heavy atom. The summed E-state index contributed by atoms with van der Waals surface area (Å²) in [6.07, 6.45) is 5.31. The summed E-state index contributed by atoms with van der Waals surface area (Å²) in [6.45, 7) is 0.887. The molecule has 24 heavy (non-hydrogen) atoms. The van der Waals surface area contributed by atoms with Gasteiger partial charge in [0.05, 0.1) is 18.9 Å². The summed E-state index contributed by atoms with van der Waals surface area (Å²) >= 11 is 0. The number of aliphatic hydroxyl groups is 1. The van der Waals surface area contributed by atoms with E-state index in [0.717, 1.165) is 25.7 Å². The molecule has 1 saturated carbocycles. The van der Waals surface area contributed by atoms with Gasteiger partial charge < -0.3 is 13.9 Å². The molecule has 2 N–H and O–H groups in total. The number of rotatable bonds is 6. The Bertz CT molecular complexity index is 655. The fourth-order valence-electron chi connectivity index (χ4n) is 3.04. The highest BCUT2D eigenvalue weighted by Gasteiger charge is 2.24. The topological polar surface area (TPSA) is 105 Å². The van der Waals surface area contributed by atoms with Gasteiger partial charge in [-0.15, -0.1) is 5.10 Å². The summed E-state index contributed by atoms with van der Waals surface area (Å²) < 4.78 is 10.5. The van der Waals surface area contributed by atoms with E-state index >= 15 is 0 Å². The predicted octanol–water partition coefficient (Wildman–Crippen LogP) is 1.75. The van der Waals surface area contributed by atoms with Crippen LogP contribution in [0.1, 0.15) is 25.7 Å². The van der Waals surface area contributed by atoms with Crippen LogP contribution in [0.15, 0.2) is 27.2 Å². The van der Waals surface area contributed by atoms with Gasteiger partial charge in [0, 0.05) is 6.54 Å². The number of carbonyl (C=O) groups excluding carboxylic acids is 1. The van der Waals surface area contributed by atoms with Crippen molar-refractivity contribution < 1.29 is 18.7 Å². The summed E-state index contributed by atoms with van der Waals surface area (Å²) in [7, 11) is 1.86. The molecule has 1 aliphatic carbocycles. The lowest BCUT2D eigenvalue weighted by Gasteiger charge is -2.30. The molecule has 1 amide bonds. The van der Waals surface area contributed by atoms with E-state index in [1.165, 1.54) is 6.26 Å². The summed E-state index contributed by atoms with van der Waals surface area (Å²) in [5.74, 6) is 0.656. The lowest BCUT2D eigenvalue weighted by atomic mass is 9.86. The molecule has 8 heteroatoms. The van der Waals surface area contributed by atoms with E-state index in [9.17, 15) is 9.90 Å². The maximum atomic E-state index is 12.1. The fourth-order valence-corrected chi connectivity index (χ4v) is 3.04. The minimum atomic E-state index is -0.268. The van der Waals surface area contributed by atoms with Crippen LogP contribution in [0.5, 0.6) is 0 Å². The van der Waals surface area contributed by atoms with Crippen molar-refractivity contribution in [3.05, 3.63) is 18.4 Å². The quantitative estimate of drug-likeness (QED) is 0.829. The van der Waals surface area contributed by atoms with Crippen molar-refractivity contribution in [2.24, 2.45) is 5.92 Å². The predicted molar refractivity (Wildman–Crippen MR) is 86.1 cm³/mol. The van der Waals surface area contributed by atoms with Gasteiger partial charge in [0.15, 0.2) is 5.76 Å². The van der Waals surface area contributed by atoms with E-state index in [-0.39, 0.29) is 36.4 Å². The number of likely N-dealkylation sites (N-methyl/N-ethyl adjacent to an activating group) is 1. The average molecular weight is 334 g/mol. The van der Waals surface area contributed by atoms with Gasteiger partial charge in [-0.2, -0.15) is 0 Å². The molecule has 2 unspecified atom stereocenters. The molecule has 2 atom stereocenters. The summed E-state index contributed by atoms with van der Waals surface area (Å²) in [5.41, 5.74) is 0. The number of hydrogen-bond donors (Lipinski definition) is 2. The molecular weight excluding hydrogens is 312 g/mol. The first-order valence-electron chi connectivity index (χ1n) is 8.15. The van der Waals surface area contributed by atoms with Gasteiger partial charge in [-0.3, -0.25) is 15.0 Å². The highest BCUT2D eigenvalue weighted by molar-refractivity contribution is 5.90. The second kappa shape index (κ2) is 7.59. The molecule has 0 aliphatic heterocycles. The van der Waals surface area contributed by atoms with E-state index in [1.54, 1.807) is 12.1 Å². The van der Waals surface area contributed by atoms with Gasteiger partial charge in [0.1, 0.15) is 0 Å². The van der Waals surface area contributed by atoms with Gasteiger partial charge in [-0.25, -0.2) is 0 Å². The van der Waals surface area contributed by atoms with Gasteiger partial charge in [0.2, 0.25) is 5.91 Å². The number of carbonyl (C=O) groups is 1. The smallest absolute Gasteiger partial charge is 0.322 e. The first-order chi connectivity index (χ1) is 11.6. The van der Waals surface area contributed by atoms with E-state index < -0.39 is 0 Å². The van der Waals surface area contributed by atoms with Crippen LogP contribution in [-0.2, 0) is 4.79 Å². The maximum absolute atomic E-state index is 12.1. The van der Waals surface area contributed by atoms with Crippen LogP contribution in [0.25, 0.3) is 11.7 Å². The third-order valence-electron chi connectivity index (χ3n) is 4.23. The molecule has 0 saturated heterocycles. The standard InChI is InChI=1S/C16H22N4O4/c1-20(9-11-5-2-3-6-12(11)21)10-14(22)17-16-19-18-15(24-16)13-7-4-8-23-13/h4,7-8,11-12,21H,2-3,5-6,9-10H2,1H3,(H,17,19,22). The van der Waals surface area contributed by atoms with Crippen LogP contribution >= 0.6 is 0 Å². The number of hydrogen-bond acceptors (Lipinski definition) is 7. The van der Waals surface area contributed by atoms with Crippen LogP contribution in [0.4, 0.5) is 6.01 Å². The van der Waals surface area contributed by atoms with Crippen LogP contribution in [0.2, 0.25) is 0 Å². The molecule has 0 radical (unpaired) electrons. The molecule has 8 nitrogen and oxygen atoms in total. The van der Waals surface area contributed by atoms with Gasteiger partial charge in [-0.1, -0.05) is 17.9 Å². The Morgan fingerprint density at radius 1 is 1.42 bits per heavy atom. The third kappa shape index (κ3) is 4.21. The molecule has 2 aromatic heterocycles. The number of furan rings is 1. The van der Waals surface area contributed by atoms with Crippen molar-refractivity contribution in [3.63, 3.8) is 0 Å². The van der Waals surface area contributed by atoms with Crippen molar-refractivity contribution in [3.8, 4) is 11.7 Å². The maximum Gasteiger partial charge on any atom is 0.322 e. The van der Waals surface area contributed by atoms with Crippen molar-refractivity contribution in [2.75, 3.05) is 25.5 Å². The number of aliphatic hydroxyl groups excluding tert-OH is 1. The van der Waals surface area contributed by atoms with Crippen LogP contribution in [0.3, 0.4) is 0 Å². The molecule has 2 heterocycles. The average Bonchev–Trinajstić information content (AvgIpc) is 3.20. The van der Waals surface area contributed by atoms with Crippen molar-refractivity contribution in [1.82, 2.24) is 15.1 Å². The Hall–Kier alpha value is -2.19. The Balaban J connectivity index is 1.48. The van der Waals surface area contributed by atoms with Crippen LogP contribution in [-0.4, -0.2) is 52.4 Å². The molecule has 2 aromatic rings. The van der Waals surface area contributed by atoms with E-state index in [1.807, 2.05) is 11.9 Å². The summed E-state index contributed by atoms with van der Waals surface area (Å²) in [5, 5.41) is 20.2. The fraction of sp³-hybridized carbons (Fsp3) is 0.562. The van der Waals surface area contributed by atoms with E-state index in [0.29, 0.717) is 12.3 Å². The van der Waals surface area contributed by atoms with Crippen molar-refractivity contribution in [2.45, 2.75) is 31.8 Å². The number of amides is 1. The van der Waals surface area contributed by atoms with Gasteiger partial charge >= 0.3 is 6.01 Å². The van der Waals surface area contributed by atoms with Crippen LogP contribution < -0.4 is 5.32 Å². The summed E-state index contributed by atoms with van der Waals surface area (Å²) in [6, 6.07) is 3.45. The Kier molecular flexibility index (Phi) is 5.27. The molecule has 0 aromatic carbocycles. The second-order valence-electron chi connectivity index (χ2n) is 6.25. The Labute approximate surface area is 139 Å². The zero-order valence-electron chi connectivity index (χ0n) is 13.6. The minimum Gasteiger partial charge on any atom is -0.459 e. The van der Waals surface area contributed by atoms with Gasteiger partial charge in [0.25, 0.3) is 5.89 Å². The molecule has 130 valence electrons. The molecule has 1 fully saturated rings. The normalized spacial score (nSPS) is 21.1.